The Balaban J connectivity index is 1.94. The molecule has 0 spiro atoms. The SMILES string of the molecule is CCOc1cc(C#N)cc(Br)c1OCC(=O)N1CCN(CC(F)F)CC1. The van der Waals surface area contributed by atoms with Gasteiger partial charge in [-0.05, 0) is 28.9 Å². The van der Waals surface area contributed by atoms with Crippen molar-refractivity contribution in [2.75, 3.05) is 45.9 Å². The molecule has 0 radical (unpaired) electrons. The standard InChI is InChI=1S/C17H20BrF2N3O3/c1-2-25-14-8-12(9-21)7-13(18)17(14)26-11-16(24)23-5-3-22(4-6-23)10-15(19)20/h7-8,15H,2-6,10-11H2,1H3. The van der Waals surface area contributed by atoms with Gasteiger partial charge in [-0.25, -0.2) is 8.78 Å². The summed E-state index contributed by atoms with van der Waals surface area (Å²) in [7, 11) is 0. The first-order chi connectivity index (χ1) is 12.4. The molecule has 1 fully saturated rings. The molecule has 1 aliphatic rings. The van der Waals surface area contributed by atoms with E-state index in [0.29, 0.717) is 54.3 Å². The Labute approximate surface area is 159 Å². The minimum Gasteiger partial charge on any atom is -0.490 e. The molecule has 0 aliphatic carbocycles. The molecule has 2 rings (SSSR count). The minimum atomic E-state index is -2.37. The average molecular weight is 432 g/mol. The molecule has 6 nitrogen and oxygen atoms in total. The van der Waals surface area contributed by atoms with Crippen molar-refractivity contribution in [3.05, 3.63) is 22.2 Å². The van der Waals surface area contributed by atoms with Gasteiger partial charge in [0.15, 0.2) is 18.1 Å². The fourth-order valence-corrected chi connectivity index (χ4v) is 3.19. The number of nitrogens with zero attached hydrogens (tertiary/aromatic N) is 3. The Morgan fingerprint density at radius 1 is 1.31 bits per heavy atom. The maximum absolute atomic E-state index is 12.4. The molecule has 0 N–H and O–H groups in total. The number of alkyl halides is 2. The monoisotopic (exact) mass is 431 g/mol. The molecule has 1 saturated heterocycles. The predicted molar refractivity (Wildman–Crippen MR) is 94.5 cm³/mol. The lowest BCUT2D eigenvalue weighted by Gasteiger charge is -2.34. The summed E-state index contributed by atoms with van der Waals surface area (Å²) in [5.74, 6) is 0.518. The van der Waals surface area contributed by atoms with Crippen molar-refractivity contribution >= 4 is 21.8 Å². The van der Waals surface area contributed by atoms with E-state index in [0.717, 1.165) is 0 Å². The molecular weight excluding hydrogens is 412 g/mol. The lowest BCUT2D eigenvalue weighted by molar-refractivity contribution is -0.135. The van der Waals surface area contributed by atoms with Crippen LogP contribution in [0.25, 0.3) is 0 Å². The van der Waals surface area contributed by atoms with E-state index in [9.17, 15) is 13.6 Å². The molecule has 1 aromatic carbocycles. The Kier molecular flexibility index (Phi) is 7.60. The fourth-order valence-electron chi connectivity index (χ4n) is 2.64. The van der Waals surface area contributed by atoms with Crippen molar-refractivity contribution in [3.63, 3.8) is 0 Å². The summed E-state index contributed by atoms with van der Waals surface area (Å²) in [6.45, 7) is 3.34. The largest absolute Gasteiger partial charge is 0.490 e. The summed E-state index contributed by atoms with van der Waals surface area (Å²) in [5.41, 5.74) is 0.411. The van der Waals surface area contributed by atoms with E-state index >= 15 is 0 Å². The zero-order valence-corrected chi connectivity index (χ0v) is 16.0. The number of ether oxygens (including phenoxy) is 2. The number of carbonyl (C=O) groups is 1. The summed E-state index contributed by atoms with van der Waals surface area (Å²) in [6, 6.07) is 5.17. The molecule has 1 heterocycles. The number of benzene rings is 1. The van der Waals surface area contributed by atoms with E-state index in [1.807, 2.05) is 6.07 Å². The smallest absolute Gasteiger partial charge is 0.260 e. The fraction of sp³-hybridized carbons (Fsp3) is 0.529. The maximum Gasteiger partial charge on any atom is 0.260 e. The number of nitriles is 1. The maximum atomic E-state index is 12.4. The summed E-state index contributed by atoms with van der Waals surface area (Å²) in [5, 5.41) is 9.03. The third-order valence-corrected chi connectivity index (χ3v) is 4.49. The van der Waals surface area contributed by atoms with Crippen LogP contribution in [0.5, 0.6) is 11.5 Å². The van der Waals surface area contributed by atoms with Crippen LogP contribution < -0.4 is 9.47 Å². The highest BCUT2D eigenvalue weighted by molar-refractivity contribution is 9.10. The van der Waals surface area contributed by atoms with Crippen LogP contribution in [0, 0.1) is 11.3 Å². The van der Waals surface area contributed by atoms with Gasteiger partial charge in [-0.15, -0.1) is 0 Å². The van der Waals surface area contributed by atoms with Gasteiger partial charge >= 0.3 is 0 Å². The molecule has 0 atom stereocenters. The first kappa shape index (κ1) is 20.4. The van der Waals surface area contributed by atoms with Gasteiger partial charge in [-0.2, -0.15) is 5.26 Å². The van der Waals surface area contributed by atoms with Crippen molar-refractivity contribution in [3.8, 4) is 17.6 Å². The number of hydrogen-bond acceptors (Lipinski definition) is 5. The van der Waals surface area contributed by atoms with E-state index < -0.39 is 6.43 Å². The number of rotatable bonds is 7. The Hall–Kier alpha value is -1.92. The highest BCUT2D eigenvalue weighted by Gasteiger charge is 2.23. The number of piperazine rings is 1. The zero-order valence-electron chi connectivity index (χ0n) is 14.4. The van der Waals surface area contributed by atoms with Crippen LogP contribution in [0.4, 0.5) is 8.78 Å². The third kappa shape index (κ3) is 5.54. The van der Waals surface area contributed by atoms with Crippen LogP contribution >= 0.6 is 15.9 Å². The molecule has 1 aromatic rings. The van der Waals surface area contributed by atoms with Gasteiger partial charge in [-0.1, -0.05) is 0 Å². The van der Waals surface area contributed by atoms with Crippen molar-refractivity contribution in [2.45, 2.75) is 13.3 Å². The first-order valence-electron chi connectivity index (χ1n) is 8.22. The van der Waals surface area contributed by atoms with Crippen LogP contribution in [0.2, 0.25) is 0 Å². The highest BCUT2D eigenvalue weighted by Crippen LogP contribution is 2.36. The number of amides is 1. The topological polar surface area (TPSA) is 65.8 Å². The normalized spacial score (nSPS) is 15.0. The average Bonchev–Trinajstić information content (AvgIpc) is 2.61. The number of hydrogen-bond donors (Lipinski definition) is 0. The predicted octanol–water partition coefficient (Wildman–Crippen LogP) is 2.51. The third-order valence-electron chi connectivity index (χ3n) is 3.90. The van der Waals surface area contributed by atoms with Crippen LogP contribution in [0.1, 0.15) is 12.5 Å². The van der Waals surface area contributed by atoms with Crippen molar-refractivity contribution in [1.29, 1.82) is 5.26 Å². The van der Waals surface area contributed by atoms with Crippen molar-refractivity contribution in [2.24, 2.45) is 0 Å². The summed E-state index contributed by atoms with van der Waals surface area (Å²) in [4.78, 5) is 15.6. The molecule has 0 aromatic heterocycles. The van der Waals surface area contributed by atoms with Gasteiger partial charge in [-0.3, -0.25) is 9.69 Å². The Morgan fingerprint density at radius 2 is 2.00 bits per heavy atom. The van der Waals surface area contributed by atoms with Crippen LogP contribution in [0.3, 0.4) is 0 Å². The van der Waals surface area contributed by atoms with Gasteiger partial charge in [0, 0.05) is 32.2 Å². The van der Waals surface area contributed by atoms with Gasteiger partial charge in [0.25, 0.3) is 12.3 Å². The molecule has 26 heavy (non-hydrogen) atoms. The second-order valence-corrected chi connectivity index (χ2v) is 6.55. The quantitative estimate of drug-likeness (QED) is 0.663. The van der Waals surface area contributed by atoms with Gasteiger partial charge in [0.05, 0.1) is 29.3 Å². The van der Waals surface area contributed by atoms with Crippen LogP contribution in [-0.2, 0) is 4.79 Å². The molecular formula is C17H20BrF2N3O3. The number of carbonyl (C=O) groups excluding carboxylic acids is 1. The number of halogens is 3. The molecule has 1 amide bonds. The van der Waals surface area contributed by atoms with Crippen molar-refractivity contribution in [1.82, 2.24) is 9.80 Å². The Morgan fingerprint density at radius 3 is 2.58 bits per heavy atom. The highest BCUT2D eigenvalue weighted by atomic mass is 79.9. The van der Waals surface area contributed by atoms with E-state index in [4.69, 9.17) is 14.7 Å². The van der Waals surface area contributed by atoms with E-state index in [1.54, 1.807) is 28.9 Å². The summed E-state index contributed by atoms with van der Waals surface area (Å²) < 4.78 is 36.4. The molecule has 142 valence electrons. The van der Waals surface area contributed by atoms with Crippen LogP contribution in [-0.4, -0.2) is 68.1 Å². The summed E-state index contributed by atoms with van der Waals surface area (Å²) >= 11 is 3.33. The van der Waals surface area contributed by atoms with E-state index in [2.05, 4.69) is 15.9 Å². The van der Waals surface area contributed by atoms with E-state index in [1.165, 1.54) is 0 Å². The van der Waals surface area contributed by atoms with Gasteiger partial charge < -0.3 is 14.4 Å². The second kappa shape index (κ2) is 9.69. The van der Waals surface area contributed by atoms with Gasteiger partial charge in [0.1, 0.15) is 0 Å². The Bertz CT molecular complexity index is 674. The lowest BCUT2D eigenvalue weighted by Crippen LogP contribution is -2.50. The molecule has 0 bridgehead atoms. The minimum absolute atomic E-state index is 0.195. The van der Waals surface area contributed by atoms with Gasteiger partial charge in [0.2, 0.25) is 0 Å². The van der Waals surface area contributed by atoms with E-state index in [-0.39, 0.29) is 19.1 Å². The molecule has 1 aliphatic heterocycles. The molecule has 9 heteroatoms. The second-order valence-electron chi connectivity index (χ2n) is 5.69. The lowest BCUT2D eigenvalue weighted by atomic mass is 10.2. The van der Waals surface area contributed by atoms with Crippen molar-refractivity contribution < 1.29 is 23.0 Å². The van der Waals surface area contributed by atoms with Crippen LogP contribution in [0.15, 0.2) is 16.6 Å². The molecule has 0 saturated carbocycles. The zero-order chi connectivity index (χ0) is 19.1. The summed E-state index contributed by atoms with van der Waals surface area (Å²) in [6.07, 6.45) is -2.37. The first-order valence-corrected chi connectivity index (χ1v) is 9.01. The molecule has 0 unspecified atom stereocenters.